The molecule has 2 atom stereocenters. The van der Waals surface area contributed by atoms with Gasteiger partial charge in [-0.2, -0.15) is 0 Å². The number of nitrogens with zero attached hydrogens (tertiary/aromatic N) is 4. The third kappa shape index (κ3) is 4.36. The number of amides is 1. The van der Waals surface area contributed by atoms with Crippen LogP contribution in [0.2, 0.25) is 0 Å². The second kappa shape index (κ2) is 10.4. The molecular weight excluding hydrogens is 546 g/mol. The highest BCUT2D eigenvalue weighted by Gasteiger charge is 2.59. The van der Waals surface area contributed by atoms with E-state index in [1.54, 1.807) is 7.11 Å². The van der Waals surface area contributed by atoms with Crippen molar-refractivity contribution in [1.82, 2.24) is 19.0 Å². The first kappa shape index (κ1) is 27.2. The zero-order chi connectivity index (χ0) is 30.0. The molecule has 1 amide bonds. The van der Waals surface area contributed by atoms with Crippen LogP contribution in [0.5, 0.6) is 5.75 Å². The van der Waals surface area contributed by atoms with E-state index in [9.17, 15) is 4.79 Å². The van der Waals surface area contributed by atoms with Crippen LogP contribution in [0.15, 0.2) is 72.8 Å². The van der Waals surface area contributed by atoms with Crippen molar-refractivity contribution in [3.05, 3.63) is 89.5 Å². The number of allylic oxidation sites excluding steroid dienone is 1. The lowest BCUT2D eigenvalue weighted by Crippen LogP contribution is -2.74. The van der Waals surface area contributed by atoms with Gasteiger partial charge >= 0.3 is 0 Å². The number of nitrogens with two attached hydrogens (primary N) is 1. The molecule has 1 aliphatic heterocycles. The van der Waals surface area contributed by atoms with Gasteiger partial charge in [0.1, 0.15) is 11.3 Å². The van der Waals surface area contributed by atoms with Crippen LogP contribution in [0.3, 0.4) is 0 Å². The SMILES string of the molecule is COc1cc(C(=O)N2C[C@@]3(CN)CCC23)cc2nc(-c3cc4ccc(/C=C/Cc5ccccc5)cc4n3CC3CC3)n(C)c12. The highest BCUT2D eigenvalue weighted by Crippen LogP contribution is 2.53. The van der Waals surface area contributed by atoms with E-state index < -0.39 is 0 Å². The van der Waals surface area contributed by atoms with Gasteiger partial charge in [-0.15, -0.1) is 0 Å². The van der Waals surface area contributed by atoms with E-state index in [1.807, 2.05) is 24.1 Å². The Morgan fingerprint density at radius 1 is 1.09 bits per heavy atom. The van der Waals surface area contributed by atoms with E-state index in [2.05, 4.69) is 75.9 Å². The van der Waals surface area contributed by atoms with Crippen molar-refractivity contribution >= 4 is 33.9 Å². The highest BCUT2D eigenvalue weighted by molar-refractivity contribution is 6.01. The number of methoxy groups -OCH3 is 1. The van der Waals surface area contributed by atoms with Gasteiger partial charge in [-0.05, 0) is 73.4 Å². The monoisotopic (exact) mass is 585 g/mol. The van der Waals surface area contributed by atoms with Crippen LogP contribution >= 0.6 is 0 Å². The van der Waals surface area contributed by atoms with E-state index >= 15 is 0 Å². The lowest BCUT2D eigenvalue weighted by molar-refractivity contribution is -0.117. The van der Waals surface area contributed by atoms with Crippen LogP contribution in [0.1, 0.15) is 47.2 Å². The number of imidazole rings is 1. The molecule has 0 radical (unpaired) electrons. The molecule has 0 spiro atoms. The van der Waals surface area contributed by atoms with Gasteiger partial charge in [-0.3, -0.25) is 4.79 Å². The fourth-order valence-electron chi connectivity index (χ4n) is 7.45. The van der Waals surface area contributed by atoms with Crippen molar-refractivity contribution in [3.63, 3.8) is 0 Å². The summed E-state index contributed by atoms with van der Waals surface area (Å²) in [6.45, 7) is 2.36. The minimum atomic E-state index is 0.0434. The van der Waals surface area contributed by atoms with Crippen LogP contribution < -0.4 is 10.5 Å². The van der Waals surface area contributed by atoms with E-state index in [0.717, 1.165) is 54.9 Å². The Hall–Kier alpha value is -4.36. The molecule has 3 aliphatic rings. The third-order valence-electron chi connectivity index (χ3n) is 10.4. The van der Waals surface area contributed by atoms with Crippen molar-refractivity contribution in [3.8, 4) is 17.3 Å². The van der Waals surface area contributed by atoms with E-state index in [-0.39, 0.29) is 17.4 Å². The van der Waals surface area contributed by atoms with Crippen LogP contribution in [0.25, 0.3) is 39.5 Å². The van der Waals surface area contributed by atoms with Gasteiger partial charge in [0.15, 0.2) is 5.82 Å². The minimum Gasteiger partial charge on any atom is -0.494 e. The number of fused-ring (bicyclic) bond motifs is 3. The first-order valence-electron chi connectivity index (χ1n) is 15.9. The van der Waals surface area contributed by atoms with Crippen LogP contribution in [-0.4, -0.2) is 51.2 Å². The minimum absolute atomic E-state index is 0.0434. The molecule has 44 heavy (non-hydrogen) atoms. The van der Waals surface area contributed by atoms with Crippen molar-refractivity contribution < 1.29 is 9.53 Å². The zero-order valence-corrected chi connectivity index (χ0v) is 25.5. The van der Waals surface area contributed by atoms with E-state index in [0.29, 0.717) is 23.8 Å². The molecular formula is C37H39N5O2. The molecule has 5 aromatic rings. The maximum absolute atomic E-state index is 13.6. The number of aromatic nitrogens is 3. The number of likely N-dealkylation sites (tertiary alicyclic amines) is 1. The summed E-state index contributed by atoms with van der Waals surface area (Å²) < 4.78 is 10.4. The Morgan fingerprint density at radius 3 is 2.64 bits per heavy atom. The average Bonchev–Trinajstić information content (AvgIpc) is 3.71. The van der Waals surface area contributed by atoms with Gasteiger partial charge < -0.3 is 24.5 Å². The number of ether oxygens (including phenoxy) is 1. The zero-order valence-electron chi connectivity index (χ0n) is 25.5. The van der Waals surface area contributed by atoms with Gasteiger partial charge in [0, 0.05) is 54.6 Å². The quantitative estimate of drug-likeness (QED) is 0.216. The molecule has 7 nitrogen and oxygen atoms in total. The van der Waals surface area contributed by atoms with Gasteiger partial charge in [0.2, 0.25) is 0 Å². The van der Waals surface area contributed by atoms with E-state index in [4.69, 9.17) is 15.5 Å². The van der Waals surface area contributed by atoms with Crippen molar-refractivity contribution in [1.29, 1.82) is 0 Å². The molecule has 0 bridgehead atoms. The summed E-state index contributed by atoms with van der Waals surface area (Å²) in [5.74, 6) is 2.29. The van der Waals surface area contributed by atoms with Crippen molar-refractivity contribution in [2.45, 2.75) is 44.7 Å². The number of hydrogen-bond donors (Lipinski definition) is 1. The summed E-state index contributed by atoms with van der Waals surface area (Å²) in [5.41, 5.74) is 13.3. The van der Waals surface area contributed by atoms with Crippen LogP contribution in [-0.2, 0) is 20.0 Å². The summed E-state index contributed by atoms with van der Waals surface area (Å²) in [6.07, 6.45) is 10.0. The van der Waals surface area contributed by atoms with Crippen LogP contribution in [0.4, 0.5) is 0 Å². The maximum Gasteiger partial charge on any atom is 0.254 e. The number of hydrogen-bond acceptors (Lipinski definition) is 4. The van der Waals surface area contributed by atoms with E-state index in [1.165, 1.54) is 34.9 Å². The number of aryl methyl sites for hydroxylation is 1. The molecule has 3 aromatic carbocycles. The number of piperidine rings is 1. The van der Waals surface area contributed by atoms with Crippen LogP contribution in [0, 0.1) is 11.3 Å². The maximum atomic E-state index is 13.6. The molecule has 2 aromatic heterocycles. The molecule has 2 saturated carbocycles. The topological polar surface area (TPSA) is 78.3 Å². The van der Waals surface area contributed by atoms with Crippen molar-refractivity contribution in [2.24, 2.45) is 24.1 Å². The predicted octanol–water partition coefficient (Wildman–Crippen LogP) is 6.43. The van der Waals surface area contributed by atoms with Crippen molar-refractivity contribution in [2.75, 3.05) is 20.2 Å². The molecule has 1 saturated heterocycles. The lowest BCUT2D eigenvalue weighted by atomic mass is 9.57. The Labute approximate surface area is 257 Å². The summed E-state index contributed by atoms with van der Waals surface area (Å²) >= 11 is 0. The predicted molar refractivity (Wildman–Crippen MR) is 176 cm³/mol. The number of benzene rings is 3. The first-order valence-corrected chi connectivity index (χ1v) is 15.9. The van der Waals surface area contributed by atoms with Gasteiger partial charge in [0.25, 0.3) is 5.91 Å². The standard InChI is InChI=1S/C37H39N5O2/c1-40-34-29(18-28(20-32(34)44-2)36(43)42-23-37(22-38)16-15-33(37)42)39-35(40)31-19-27-14-13-25(10-6-9-24-7-4-3-5-8-24)17-30(27)41(31)21-26-11-12-26/h3-8,10,13-14,17-20,26,33H,9,11-12,15-16,21-23,38H2,1-2H3/b10-6+/t33?,37-/m0/s1. The second-order valence-corrected chi connectivity index (χ2v) is 13.1. The molecule has 224 valence electrons. The fraction of sp³-hybridized carbons (Fsp3) is 0.351. The normalized spacial score (nSPS) is 21.1. The molecule has 3 heterocycles. The lowest BCUT2D eigenvalue weighted by Gasteiger charge is -2.64. The average molecular weight is 586 g/mol. The highest BCUT2D eigenvalue weighted by atomic mass is 16.5. The molecule has 1 unspecified atom stereocenters. The molecule has 3 fully saturated rings. The molecule has 7 heteroatoms. The fourth-order valence-corrected chi connectivity index (χ4v) is 7.45. The summed E-state index contributed by atoms with van der Waals surface area (Å²) in [5, 5.41) is 1.21. The first-order chi connectivity index (χ1) is 21.5. The Balaban J connectivity index is 1.16. The van der Waals surface area contributed by atoms with Gasteiger partial charge in [0.05, 0.1) is 18.3 Å². The number of rotatable bonds is 9. The number of carbonyl (C=O) groups is 1. The smallest absolute Gasteiger partial charge is 0.254 e. The third-order valence-corrected chi connectivity index (χ3v) is 10.4. The summed E-state index contributed by atoms with van der Waals surface area (Å²) in [6, 6.07) is 23.6. The van der Waals surface area contributed by atoms with Gasteiger partial charge in [-0.25, -0.2) is 4.98 Å². The Kier molecular flexibility index (Phi) is 6.42. The molecule has 2 aliphatic carbocycles. The molecule has 8 rings (SSSR count). The molecule has 2 N–H and O–H groups in total. The van der Waals surface area contributed by atoms with Gasteiger partial charge in [-0.1, -0.05) is 54.6 Å². The largest absolute Gasteiger partial charge is 0.494 e. The summed E-state index contributed by atoms with van der Waals surface area (Å²) in [4.78, 5) is 20.8. The Morgan fingerprint density at radius 2 is 1.93 bits per heavy atom. The number of carbonyl (C=O) groups excluding carboxylic acids is 1. The second-order valence-electron chi connectivity index (χ2n) is 13.1. The Bertz CT molecular complexity index is 1930. The summed E-state index contributed by atoms with van der Waals surface area (Å²) in [7, 11) is 3.71.